The molecule has 0 N–H and O–H groups in total. The number of fused-ring (bicyclic) bond motifs is 2. The standard InChI is InChI=1S/C9H15Br/c1-6(10)9-5-7-2-3-8(9)4-7/h6-9H,2-5H2,1H3. The van der Waals surface area contributed by atoms with E-state index in [1.54, 1.807) is 6.42 Å². The zero-order chi connectivity index (χ0) is 7.14. The van der Waals surface area contributed by atoms with Crippen LogP contribution in [0.3, 0.4) is 0 Å². The second-order valence-electron chi connectivity index (χ2n) is 4.02. The Morgan fingerprint density at radius 3 is 2.40 bits per heavy atom. The van der Waals surface area contributed by atoms with Crippen LogP contribution in [0.5, 0.6) is 0 Å². The molecular weight excluding hydrogens is 188 g/mol. The van der Waals surface area contributed by atoms with E-state index < -0.39 is 0 Å². The molecule has 0 nitrogen and oxygen atoms in total. The maximum atomic E-state index is 3.70. The summed E-state index contributed by atoms with van der Waals surface area (Å²) in [4.78, 5) is 0.766. The van der Waals surface area contributed by atoms with Gasteiger partial charge in [0.1, 0.15) is 0 Å². The van der Waals surface area contributed by atoms with Crippen LogP contribution >= 0.6 is 15.9 Å². The van der Waals surface area contributed by atoms with E-state index in [2.05, 4.69) is 22.9 Å². The molecule has 0 radical (unpaired) electrons. The van der Waals surface area contributed by atoms with Crippen LogP contribution in [0.4, 0.5) is 0 Å². The van der Waals surface area contributed by atoms with Crippen molar-refractivity contribution in [3.63, 3.8) is 0 Å². The van der Waals surface area contributed by atoms with Gasteiger partial charge in [-0.3, -0.25) is 0 Å². The highest BCUT2D eigenvalue weighted by atomic mass is 79.9. The van der Waals surface area contributed by atoms with Gasteiger partial charge in [-0.15, -0.1) is 0 Å². The molecule has 0 aromatic carbocycles. The predicted molar refractivity (Wildman–Crippen MR) is 47.3 cm³/mol. The van der Waals surface area contributed by atoms with Crippen LogP contribution in [-0.2, 0) is 0 Å². The van der Waals surface area contributed by atoms with Gasteiger partial charge in [-0.1, -0.05) is 29.3 Å². The number of rotatable bonds is 1. The summed E-state index contributed by atoms with van der Waals surface area (Å²) in [5.74, 6) is 3.20. The predicted octanol–water partition coefficient (Wildman–Crippen LogP) is 3.21. The number of hydrogen-bond acceptors (Lipinski definition) is 0. The monoisotopic (exact) mass is 202 g/mol. The zero-order valence-corrected chi connectivity index (χ0v) is 8.10. The van der Waals surface area contributed by atoms with E-state index in [4.69, 9.17) is 0 Å². The van der Waals surface area contributed by atoms with Crippen molar-refractivity contribution in [2.45, 2.75) is 37.4 Å². The van der Waals surface area contributed by atoms with Gasteiger partial charge < -0.3 is 0 Å². The highest BCUT2D eigenvalue weighted by Crippen LogP contribution is 2.50. The van der Waals surface area contributed by atoms with Crippen molar-refractivity contribution in [3.8, 4) is 0 Å². The lowest BCUT2D eigenvalue weighted by Crippen LogP contribution is -2.17. The van der Waals surface area contributed by atoms with Crippen LogP contribution < -0.4 is 0 Å². The van der Waals surface area contributed by atoms with Crippen molar-refractivity contribution in [1.29, 1.82) is 0 Å². The molecule has 0 aromatic heterocycles. The zero-order valence-electron chi connectivity index (χ0n) is 6.52. The molecule has 4 atom stereocenters. The molecule has 0 spiro atoms. The third kappa shape index (κ3) is 1.03. The Balaban J connectivity index is 2.02. The van der Waals surface area contributed by atoms with Crippen LogP contribution in [-0.4, -0.2) is 4.83 Å². The first kappa shape index (κ1) is 7.15. The van der Waals surface area contributed by atoms with E-state index >= 15 is 0 Å². The topological polar surface area (TPSA) is 0 Å². The van der Waals surface area contributed by atoms with Crippen LogP contribution in [0.2, 0.25) is 0 Å². The van der Waals surface area contributed by atoms with Crippen molar-refractivity contribution in [1.82, 2.24) is 0 Å². The van der Waals surface area contributed by atoms with Gasteiger partial charge in [0.15, 0.2) is 0 Å². The molecule has 2 bridgehead atoms. The molecule has 0 amide bonds. The second-order valence-corrected chi connectivity index (χ2v) is 5.46. The summed E-state index contributed by atoms with van der Waals surface area (Å²) >= 11 is 3.70. The van der Waals surface area contributed by atoms with Crippen molar-refractivity contribution < 1.29 is 0 Å². The first-order valence-corrected chi connectivity index (χ1v) is 5.33. The summed E-state index contributed by atoms with van der Waals surface area (Å²) in [6.07, 6.45) is 6.10. The van der Waals surface area contributed by atoms with Crippen LogP contribution in [0.1, 0.15) is 32.6 Å². The Morgan fingerprint density at radius 2 is 2.10 bits per heavy atom. The second kappa shape index (κ2) is 2.51. The van der Waals surface area contributed by atoms with E-state index in [-0.39, 0.29) is 0 Å². The van der Waals surface area contributed by atoms with Gasteiger partial charge in [0.05, 0.1) is 0 Å². The summed E-state index contributed by atoms with van der Waals surface area (Å²) in [6, 6.07) is 0. The average molecular weight is 203 g/mol. The van der Waals surface area contributed by atoms with Crippen molar-refractivity contribution in [3.05, 3.63) is 0 Å². The lowest BCUT2D eigenvalue weighted by molar-refractivity contribution is 0.335. The maximum absolute atomic E-state index is 3.70. The minimum absolute atomic E-state index is 0.766. The fraction of sp³-hybridized carbons (Fsp3) is 1.00. The number of hydrogen-bond donors (Lipinski definition) is 0. The molecular formula is C9H15Br. The van der Waals surface area contributed by atoms with E-state index in [0.717, 1.165) is 22.6 Å². The minimum Gasteiger partial charge on any atom is -0.0891 e. The van der Waals surface area contributed by atoms with Crippen molar-refractivity contribution >= 4 is 15.9 Å². The summed E-state index contributed by atoms with van der Waals surface area (Å²) < 4.78 is 0. The Labute approximate surface area is 71.5 Å². The normalized spacial score (nSPS) is 48.0. The molecule has 0 heterocycles. The summed E-state index contributed by atoms with van der Waals surface area (Å²) in [5.41, 5.74) is 0. The third-order valence-electron chi connectivity index (χ3n) is 3.38. The Kier molecular flexibility index (Phi) is 1.79. The quantitative estimate of drug-likeness (QED) is 0.574. The first-order chi connectivity index (χ1) is 4.77. The summed E-state index contributed by atoms with van der Waals surface area (Å²) in [5, 5.41) is 0. The van der Waals surface area contributed by atoms with Crippen LogP contribution in [0, 0.1) is 17.8 Å². The minimum atomic E-state index is 0.766. The molecule has 1 heteroatoms. The van der Waals surface area contributed by atoms with Gasteiger partial charge in [0.2, 0.25) is 0 Å². The molecule has 2 aliphatic rings. The van der Waals surface area contributed by atoms with E-state index in [0.29, 0.717) is 0 Å². The highest BCUT2D eigenvalue weighted by Gasteiger charge is 2.40. The number of alkyl halides is 1. The van der Waals surface area contributed by atoms with E-state index in [1.165, 1.54) is 19.3 Å². The molecule has 2 aliphatic carbocycles. The molecule has 0 aromatic rings. The highest BCUT2D eigenvalue weighted by molar-refractivity contribution is 9.09. The smallest absolute Gasteiger partial charge is 0.0148 e. The Bertz CT molecular complexity index is 131. The van der Waals surface area contributed by atoms with Crippen LogP contribution in [0.15, 0.2) is 0 Å². The third-order valence-corrected chi connectivity index (χ3v) is 4.06. The molecule has 2 rings (SSSR count). The fourth-order valence-electron chi connectivity index (χ4n) is 2.86. The lowest BCUT2D eigenvalue weighted by atomic mass is 9.87. The molecule has 4 unspecified atom stereocenters. The summed E-state index contributed by atoms with van der Waals surface area (Å²) in [6.45, 7) is 2.31. The van der Waals surface area contributed by atoms with E-state index in [1.807, 2.05) is 0 Å². The number of halogens is 1. The molecule has 10 heavy (non-hydrogen) atoms. The van der Waals surface area contributed by atoms with Gasteiger partial charge in [-0.2, -0.15) is 0 Å². The van der Waals surface area contributed by atoms with Gasteiger partial charge in [-0.25, -0.2) is 0 Å². The molecule has 0 aliphatic heterocycles. The maximum Gasteiger partial charge on any atom is 0.0148 e. The van der Waals surface area contributed by atoms with Crippen molar-refractivity contribution in [2.75, 3.05) is 0 Å². The van der Waals surface area contributed by atoms with Crippen molar-refractivity contribution in [2.24, 2.45) is 17.8 Å². The van der Waals surface area contributed by atoms with E-state index in [9.17, 15) is 0 Å². The Morgan fingerprint density at radius 1 is 1.30 bits per heavy atom. The molecule has 2 saturated carbocycles. The largest absolute Gasteiger partial charge is 0.0891 e. The molecule has 0 saturated heterocycles. The van der Waals surface area contributed by atoms with Gasteiger partial charge >= 0.3 is 0 Å². The lowest BCUT2D eigenvalue weighted by Gasteiger charge is -2.23. The fourth-order valence-corrected chi connectivity index (χ4v) is 3.50. The van der Waals surface area contributed by atoms with Gasteiger partial charge in [0, 0.05) is 4.83 Å². The molecule has 2 fully saturated rings. The Hall–Kier alpha value is 0.480. The van der Waals surface area contributed by atoms with Gasteiger partial charge in [-0.05, 0) is 37.0 Å². The SMILES string of the molecule is CC(Br)C1CC2CCC1C2. The van der Waals surface area contributed by atoms with Crippen LogP contribution in [0.25, 0.3) is 0 Å². The van der Waals surface area contributed by atoms with Gasteiger partial charge in [0.25, 0.3) is 0 Å². The average Bonchev–Trinajstić information content (AvgIpc) is 2.44. The first-order valence-electron chi connectivity index (χ1n) is 4.41. The molecule has 58 valence electrons. The summed E-state index contributed by atoms with van der Waals surface area (Å²) in [7, 11) is 0.